The Morgan fingerprint density at radius 1 is 0.439 bits per heavy atom. The van der Waals surface area contributed by atoms with Crippen LogP contribution in [0.5, 0.6) is 0 Å². The molecule has 8 aromatic carbocycles. The molecule has 0 unspecified atom stereocenters. The molecule has 0 spiro atoms. The third kappa shape index (κ3) is 6.76. The number of anilines is 3. The van der Waals surface area contributed by atoms with Gasteiger partial charge in [-0.15, -0.1) is 0 Å². The van der Waals surface area contributed by atoms with Crippen molar-refractivity contribution in [3.63, 3.8) is 0 Å². The van der Waals surface area contributed by atoms with Crippen LogP contribution in [0.3, 0.4) is 0 Å². The van der Waals surface area contributed by atoms with E-state index in [1.54, 1.807) is 0 Å². The second kappa shape index (κ2) is 14.4. The van der Waals surface area contributed by atoms with Gasteiger partial charge in [0, 0.05) is 17.1 Å². The van der Waals surface area contributed by atoms with Crippen LogP contribution in [0.4, 0.5) is 17.1 Å². The minimum absolute atomic E-state index is 0.0680. The number of hydrogen-bond acceptors (Lipinski definition) is 1. The molecular formula is C56H51N. The van der Waals surface area contributed by atoms with Crippen molar-refractivity contribution < 1.29 is 0 Å². The second-order valence-corrected chi connectivity index (χ2v) is 17.7. The molecule has 1 heteroatoms. The normalized spacial score (nSPS) is 13.3. The van der Waals surface area contributed by atoms with E-state index in [0.29, 0.717) is 0 Å². The van der Waals surface area contributed by atoms with Crippen LogP contribution in [-0.2, 0) is 10.8 Å². The van der Waals surface area contributed by atoms with Gasteiger partial charge in [0.1, 0.15) is 0 Å². The molecular weight excluding hydrogens is 687 g/mol. The lowest BCUT2D eigenvalue weighted by molar-refractivity contribution is 0.590. The van der Waals surface area contributed by atoms with Gasteiger partial charge < -0.3 is 4.90 Å². The van der Waals surface area contributed by atoms with Crippen molar-refractivity contribution in [3.8, 4) is 22.3 Å². The molecule has 1 nitrogen and oxygen atoms in total. The highest BCUT2D eigenvalue weighted by Gasteiger charge is 2.24. The Morgan fingerprint density at radius 2 is 0.965 bits per heavy atom. The maximum atomic E-state index is 2.49. The number of benzene rings is 8. The average Bonchev–Trinajstić information content (AvgIpc) is 3.24. The van der Waals surface area contributed by atoms with Crippen molar-refractivity contribution >= 4 is 55.0 Å². The summed E-state index contributed by atoms with van der Waals surface area (Å²) in [4.78, 5) is 2.43. The van der Waals surface area contributed by atoms with Crippen LogP contribution in [0.15, 0.2) is 176 Å². The topological polar surface area (TPSA) is 3.24 Å². The lowest BCUT2D eigenvalue weighted by Crippen LogP contribution is -2.14. The summed E-state index contributed by atoms with van der Waals surface area (Å²) in [5.41, 5.74) is 13.9. The minimum Gasteiger partial charge on any atom is -0.310 e. The number of allylic oxidation sites excluding steroid dienone is 4. The van der Waals surface area contributed by atoms with Crippen LogP contribution in [0.2, 0.25) is 0 Å². The molecule has 0 saturated heterocycles. The van der Waals surface area contributed by atoms with Crippen LogP contribution in [0, 0.1) is 0 Å². The SMILES string of the molecule is CC(C)(C)c1ccc(N(c2ccc(C(C)(C)C)cc2)c2ccc3c(c2)c2ccccc2c2c(C4=CC=CCC4)cc(-c4ccccc4)c(-c4ccccc4)c32)cc1. The molecule has 0 aliphatic heterocycles. The summed E-state index contributed by atoms with van der Waals surface area (Å²) in [7, 11) is 0. The van der Waals surface area contributed by atoms with Gasteiger partial charge in [-0.3, -0.25) is 0 Å². The van der Waals surface area contributed by atoms with E-state index in [-0.39, 0.29) is 10.8 Å². The van der Waals surface area contributed by atoms with Gasteiger partial charge in [0.2, 0.25) is 0 Å². The number of fused-ring (bicyclic) bond motifs is 6. The van der Waals surface area contributed by atoms with Gasteiger partial charge in [0.15, 0.2) is 0 Å². The highest BCUT2D eigenvalue weighted by molar-refractivity contribution is 6.32. The van der Waals surface area contributed by atoms with Crippen molar-refractivity contribution in [2.75, 3.05) is 4.90 Å². The quantitative estimate of drug-likeness (QED) is 0.154. The van der Waals surface area contributed by atoms with Gasteiger partial charge in [-0.25, -0.2) is 0 Å². The summed E-state index contributed by atoms with van der Waals surface area (Å²) in [6.07, 6.45) is 8.94. The first kappa shape index (κ1) is 36.5. The Kier molecular flexibility index (Phi) is 9.21. The van der Waals surface area contributed by atoms with Crippen LogP contribution >= 0.6 is 0 Å². The van der Waals surface area contributed by atoms with E-state index < -0.39 is 0 Å². The summed E-state index contributed by atoms with van der Waals surface area (Å²) >= 11 is 0. The summed E-state index contributed by atoms with van der Waals surface area (Å²) in [6, 6.07) is 59.1. The Bertz CT molecular complexity index is 2750. The zero-order chi connectivity index (χ0) is 39.3. The molecule has 8 aromatic rings. The second-order valence-electron chi connectivity index (χ2n) is 17.7. The molecule has 1 aliphatic carbocycles. The van der Waals surface area contributed by atoms with E-state index >= 15 is 0 Å². The molecule has 0 atom stereocenters. The van der Waals surface area contributed by atoms with Crippen molar-refractivity contribution in [1.29, 1.82) is 0 Å². The van der Waals surface area contributed by atoms with E-state index in [0.717, 1.165) is 29.9 Å². The van der Waals surface area contributed by atoms with Crippen molar-refractivity contribution in [2.24, 2.45) is 0 Å². The predicted molar refractivity (Wildman–Crippen MR) is 248 cm³/mol. The molecule has 0 saturated carbocycles. The Balaban J connectivity index is 1.39. The number of rotatable bonds is 6. The van der Waals surface area contributed by atoms with Crippen molar-refractivity contribution in [2.45, 2.75) is 65.2 Å². The van der Waals surface area contributed by atoms with Gasteiger partial charge in [0.25, 0.3) is 0 Å². The summed E-state index contributed by atoms with van der Waals surface area (Å²) < 4.78 is 0. The van der Waals surface area contributed by atoms with E-state index in [1.165, 1.54) is 76.8 Å². The highest BCUT2D eigenvalue weighted by atomic mass is 15.1. The molecule has 280 valence electrons. The Morgan fingerprint density at radius 3 is 1.53 bits per heavy atom. The highest BCUT2D eigenvalue weighted by Crippen LogP contribution is 2.50. The summed E-state index contributed by atoms with van der Waals surface area (Å²) in [5, 5.41) is 7.72. The zero-order valence-corrected chi connectivity index (χ0v) is 34.1. The van der Waals surface area contributed by atoms with E-state index in [2.05, 4.69) is 222 Å². The fourth-order valence-corrected chi connectivity index (χ4v) is 8.78. The third-order valence-corrected chi connectivity index (χ3v) is 11.8. The smallest absolute Gasteiger partial charge is 0.0468 e. The largest absolute Gasteiger partial charge is 0.310 e. The molecule has 0 N–H and O–H groups in total. The van der Waals surface area contributed by atoms with E-state index in [1.807, 2.05) is 0 Å². The first-order valence-electron chi connectivity index (χ1n) is 20.5. The van der Waals surface area contributed by atoms with Gasteiger partial charge in [0.05, 0.1) is 0 Å². The molecule has 9 rings (SSSR count). The predicted octanol–water partition coefficient (Wildman–Crippen LogP) is 16.3. The first-order chi connectivity index (χ1) is 27.6. The van der Waals surface area contributed by atoms with Crippen molar-refractivity contribution in [3.05, 3.63) is 193 Å². The number of nitrogens with zero attached hydrogens (tertiary/aromatic N) is 1. The molecule has 0 amide bonds. The van der Waals surface area contributed by atoms with Gasteiger partial charge in [-0.05, 0) is 143 Å². The molecule has 0 fully saturated rings. The van der Waals surface area contributed by atoms with Crippen molar-refractivity contribution in [1.82, 2.24) is 0 Å². The molecule has 57 heavy (non-hydrogen) atoms. The summed E-state index contributed by atoms with van der Waals surface area (Å²) in [5.74, 6) is 0. The monoisotopic (exact) mass is 737 g/mol. The van der Waals surface area contributed by atoms with Crippen LogP contribution < -0.4 is 4.90 Å². The number of hydrogen-bond donors (Lipinski definition) is 0. The Hall–Kier alpha value is -6.18. The fraction of sp³-hybridized carbons (Fsp3) is 0.179. The first-order valence-corrected chi connectivity index (χ1v) is 20.5. The van der Waals surface area contributed by atoms with Gasteiger partial charge >= 0.3 is 0 Å². The average molecular weight is 738 g/mol. The molecule has 0 radical (unpaired) electrons. The van der Waals surface area contributed by atoms with Crippen LogP contribution in [-0.4, -0.2) is 0 Å². The Labute approximate surface area is 338 Å². The van der Waals surface area contributed by atoms with Crippen LogP contribution in [0.25, 0.3) is 60.1 Å². The molecule has 1 aliphatic rings. The van der Waals surface area contributed by atoms with E-state index in [9.17, 15) is 0 Å². The molecule has 0 heterocycles. The minimum atomic E-state index is 0.0680. The molecule has 0 bridgehead atoms. The summed E-state index contributed by atoms with van der Waals surface area (Å²) in [6.45, 7) is 13.7. The zero-order valence-electron chi connectivity index (χ0n) is 34.1. The van der Waals surface area contributed by atoms with E-state index in [4.69, 9.17) is 0 Å². The third-order valence-electron chi connectivity index (χ3n) is 11.8. The maximum Gasteiger partial charge on any atom is 0.0468 e. The lowest BCUT2D eigenvalue weighted by atomic mass is 9.80. The lowest BCUT2D eigenvalue weighted by Gasteiger charge is -2.29. The fourth-order valence-electron chi connectivity index (χ4n) is 8.78. The molecule has 0 aromatic heterocycles. The van der Waals surface area contributed by atoms with Gasteiger partial charge in [-0.1, -0.05) is 175 Å². The van der Waals surface area contributed by atoms with Gasteiger partial charge in [-0.2, -0.15) is 0 Å². The maximum absolute atomic E-state index is 2.49. The van der Waals surface area contributed by atoms with Crippen LogP contribution in [0.1, 0.15) is 71.1 Å². The standard InChI is InChI=1S/C56H51N/c1-55(2,3)41-26-30-43(31-27-41)57(44-32-28-42(29-33-44)56(4,5)6)45-34-35-48-51(36-45)46-24-16-17-25-47(46)53-50(39-20-12-8-13-21-39)37-49(38-18-10-7-11-19-38)52(54(48)53)40-22-14-9-15-23-40/h7-12,14-20,22-37H,13,21H2,1-6H3.